The molecule has 1 aromatic rings. The number of rotatable bonds is 4. The van der Waals surface area contributed by atoms with E-state index in [4.69, 9.17) is 9.47 Å². The minimum atomic E-state index is -0.0367. The van der Waals surface area contributed by atoms with Gasteiger partial charge in [0, 0.05) is 55.7 Å². The van der Waals surface area contributed by atoms with Crippen LogP contribution in [0.3, 0.4) is 0 Å². The number of benzene rings is 1. The summed E-state index contributed by atoms with van der Waals surface area (Å²) in [5.74, 6) is 2.07. The molecule has 2 fully saturated rings. The number of carbonyl (C=O) groups excluding carboxylic acids is 2. The average molecular weight is 370 g/mol. The van der Waals surface area contributed by atoms with Gasteiger partial charge in [0.05, 0.1) is 7.11 Å². The number of carbonyl (C=O) groups is 2. The van der Waals surface area contributed by atoms with Crippen LogP contribution in [0.1, 0.15) is 30.9 Å². The Balaban J connectivity index is 1.39. The molecule has 27 heavy (non-hydrogen) atoms. The SMILES string of the molecule is COc1cc2c(cc1/C=C/C(=O)N1CCN(C(=O)C3CC3)CC1)OC(C)C2. The second-order valence-electron chi connectivity index (χ2n) is 7.59. The van der Waals surface area contributed by atoms with Gasteiger partial charge in [-0.25, -0.2) is 0 Å². The van der Waals surface area contributed by atoms with Crippen molar-refractivity contribution in [2.75, 3.05) is 33.3 Å². The summed E-state index contributed by atoms with van der Waals surface area (Å²) in [4.78, 5) is 28.4. The summed E-state index contributed by atoms with van der Waals surface area (Å²) in [5, 5.41) is 0. The Hall–Kier alpha value is -2.50. The normalized spacial score (nSPS) is 21.9. The third-order valence-electron chi connectivity index (χ3n) is 5.48. The van der Waals surface area contributed by atoms with Crippen molar-refractivity contribution in [2.24, 2.45) is 5.92 Å². The van der Waals surface area contributed by atoms with E-state index in [0.717, 1.165) is 41.9 Å². The molecule has 2 amide bonds. The van der Waals surface area contributed by atoms with E-state index in [0.29, 0.717) is 26.2 Å². The molecule has 2 aliphatic heterocycles. The van der Waals surface area contributed by atoms with E-state index >= 15 is 0 Å². The first-order chi connectivity index (χ1) is 13.0. The summed E-state index contributed by atoms with van der Waals surface area (Å²) in [6, 6.07) is 3.93. The number of nitrogens with zero attached hydrogens (tertiary/aromatic N) is 2. The van der Waals surface area contributed by atoms with Crippen molar-refractivity contribution in [3.05, 3.63) is 29.3 Å². The maximum Gasteiger partial charge on any atom is 0.246 e. The van der Waals surface area contributed by atoms with Crippen LogP contribution in [0.15, 0.2) is 18.2 Å². The highest BCUT2D eigenvalue weighted by atomic mass is 16.5. The Kier molecular flexibility index (Phi) is 4.81. The summed E-state index contributed by atoms with van der Waals surface area (Å²) < 4.78 is 11.3. The van der Waals surface area contributed by atoms with E-state index in [2.05, 4.69) is 0 Å². The smallest absolute Gasteiger partial charge is 0.246 e. The molecule has 0 spiro atoms. The first-order valence-corrected chi connectivity index (χ1v) is 9.68. The van der Waals surface area contributed by atoms with Crippen molar-refractivity contribution in [1.29, 1.82) is 0 Å². The number of amides is 2. The number of fused-ring (bicyclic) bond motifs is 1. The number of methoxy groups -OCH3 is 1. The van der Waals surface area contributed by atoms with Gasteiger partial charge in [0.1, 0.15) is 17.6 Å². The summed E-state index contributed by atoms with van der Waals surface area (Å²) in [6.07, 6.45) is 6.45. The van der Waals surface area contributed by atoms with Gasteiger partial charge in [0.2, 0.25) is 11.8 Å². The van der Waals surface area contributed by atoms with Gasteiger partial charge in [-0.1, -0.05) is 0 Å². The Morgan fingerprint density at radius 2 is 1.85 bits per heavy atom. The van der Waals surface area contributed by atoms with Gasteiger partial charge < -0.3 is 19.3 Å². The largest absolute Gasteiger partial charge is 0.496 e. The molecular weight excluding hydrogens is 344 g/mol. The molecule has 144 valence electrons. The zero-order valence-corrected chi connectivity index (χ0v) is 15.9. The molecule has 0 aromatic heterocycles. The lowest BCUT2D eigenvalue weighted by atomic mass is 10.1. The molecule has 1 saturated heterocycles. The van der Waals surface area contributed by atoms with Gasteiger partial charge in [0.15, 0.2) is 0 Å². The summed E-state index contributed by atoms with van der Waals surface area (Å²) in [6.45, 7) is 4.47. The molecule has 1 aliphatic carbocycles. The molecule has 0 bridgehead atoms. The minimum absolute atomic E-state index is 0.0367. The van der Waals surface area contributed by atoms with Gasteiger partial charge >= 0.3 is 0 Å². The van der Waals surface area contributed by atoms with E-state index in [1.54, 1.807) is 24.2 Å². The van der Waals surface area contributed by atoms with Crippen LogP contribution in [-0.4, -0.2) is 61.0 Å². The van der Waals surface area contributed by atoms with Crippen molar-refractivity contribution in [1.82, 2.24) is 9.80 Å². The second-order valence-corrected chi connectivity index (χ2v) is 7.59. The van der Waals surface area contributed by atoms with Crippen LogP contribution in [-0.2, 0) is 16.0 Å². The van der Waals surface area contributed by atoms with Crippen LogP contribution in [0.5, 0.6) is 11.5 Å². The fourth-order valence-corrected chi connectivity index (χ4v) is 3.76. The van der Waals surface area contributed by atoms with Crippen molar-refractivity contribution in [2.45, 2.75) is 32.3 Å². The second kappa shape index (κ2) is 7.25. The maximum absolute atomic E-state index is 12.5. The average Bonchev–Trinajstić information content (AvgIpc) is 3.46. The molecule has 0 N–H and O–H groups in total. The van der Waals surface area contributed by atoms with Crippen LogP contribution in [0.2, 0.25) is 0 Å². The molecule has 3 aliphatic rings. The third-order valence-corrected chi connectivity index (χ3v) is 5.48. The molecule has 1 atom stereocenters. The first kappa shape index (κ1) is 17.9. The molecule has 1 saturated carbocycles. The monoisotopic (exact) mass is 370 g/mol. The molecule has 6 nitrogen and oxygen atoms in total. The van der Waals surface area contributed by atoms with Gasteiger partial charge in [-0.3, -0.25) is 9.59 Å². The van der Waals surface area contributed by atoms with Crippen molar-refractivity contribution >= 4 is 17.9 Å². The van der Waals surface area contributed by atoms with Crippen LogP contribution in [0.4, 0.5) is 0 Å². The molecule has 6 heteroatoms. The van der Waals surface area contributed by atoms with E-state index in [9.17, 15) is 9.59 Å². The van der Waals surface area contributed by atoms with E-state index < -0.39 is 0 Å². The predicted molar refractivity (Wildman–Crippen MR) is 102 cm³/mol. The molecule has 1 unspecified atom stereocenters. The topological polar surface area (TPSA) is 59.1 Å². The van der Waals surface area contributed by atoms with Crippen molar-refractivity contribution < 1.29 is 19.1 Å². The molecule has 1 aromatic carbocycles. The highest BCUT2D eigenvalue weighted by Crippen LogP contribution is 2.35. The zero-order valence-electron chi connectivity index (χ0n) is 15.9. The molecule has 4 rings (SSSR count). The number of hydrogen-bond acceptors (Lipinski definition) is 4. The Morgan fingerprint density at radius 3 is 2.52 bits per heavy atom. The van der Waals surface area contributed by atoms with Gasteiger partial charge in [-0.15, -0.1) is 0 Å². The molecule has 0 radical (unpaired) electrons. The Morgan fingerprint density at radius 1 is 1.15 bits per heavy atom. The van der Waals surface area contributed by atoms with Crippen molar-refractivity contribution in [3.63, 3.8) is 0 Å². The Labute approximate surface area is 159 Å². The van der Waals surface area contributed by atoms with Crippen LogP contribution < -0.4 is 9.47 Å². The quantitative estimate of drug-likeness (QED) is 0.762. The lowest BCUT2D eigenvalue weighted by Crippen LogP contribution is -2.50. The van der Waals surface area contributed by atoms with Crippen LogP contribution in [0.25, 0.3) is 6.08 Å². The predicted octanol–water partition coefficient (Wildman–Crippen LogP) is 2.11. The first-order valence-electron chi connectivity index (χ1n) is 9.68. The van der Waals surface area contributed by atoms with Gasteiger partial charge in [0.25, 0.3) is 0 Å². The fourth-order valence-electron chi connectivity index (χ4n) is 3.76. The number of piperazine rings is 1. The summed E-state index contributed by atoms with van der Waals surface area (Å²) in [5.41, 5.74) is 1.97. The lowest BCUT2D eigenvalue weighted by molar-refractivity contribution is -0.138. The fraction of sp³-hybridized carbons (Fsp3) is 0.524. The summed E-state index contributed by atoms with van der Waals surface area (Å²) in [7, 11) is 1.64. The maximum atomic E-state index is 12.5. The summed E-state index contributed by atoms with van der Waals surface area (Å²) >= 11 is 0. The lowest BCUT2D eigenvalue weighted by Gasteiger charge is -2.34. The van der Waals surface area contributed by atoms with E-state index in [-0.39, 0.29) is 23.8 Å². The number of ether oxygens (including phenoxy) is 2. The highest BCUT2D eigenvalue weighted by Gasteiger charge is 2.35. The van der Waals surface area contributed by atoms with Crippen molar-refractivity contribution in [3.8, 4) is 11.5 Å². The molecule has 2 heterocycles. The highest BCUT2D eigenvalue weighted by molar-refractivity contribution is 5.92. The van der Waals surface area contributed by atoms with Gasteiger partial charge in [-0.05, 0) is 38.0 Å². The van der Waals surface area contributed by atoms with E-state index in [1.807, 2.05) is 24.0 Å². The van der Waals surface area contributed by atoms with E-state index in [1.165, 1.54) is 0 Å². The van der Waals surface area contributed by atoms with Crippen LogP contribution in [0, 0.1) is 5.92 Å². The Bertz CT molecular complexity index is 777. The van der Waals surface area contributed by atoms with Crippen LogP contribution >= 0.6 is 0 Å². The number of hydrogen-bond donors (Lipinski definition) is 0. The van der Waals surface area contributed by atoms with Gasteiger partial charge in [-0.2, -0.15) is 0 Å². The minimum Gasteiger partial charge on any atom is -0.496 e. The molecular formula is C21H26N2O4. The zero-order chi connectivity index (χ0) is 19.0. The standard InChI is InChI=1S/C21H26N2O4/c1-14-11-17-13-18(26-2)16(12-19(17)27-14)5-6-20(24)22-7-9-23(10-8-22)21(25)15-3-4-15/h5-6,12-15H,3-4,7-11H2,1-2H3/b6-5+. The third kappa shape index (κ3) is 3.80.